The first-order valence-corrected chi connectivity index (χ1v) is 12.1. The van der Waals surface area contributed by atoms with Crippen LogP contribution in [0.5, 0.6) is 11.5 Å². The molecule has 0 atom stereocenters. The molecular weight excluding hydrogens is 416 g/mol. The monoisotopic (exact) mass is 446 g/mol. The Morgan fingerprint density at radius 1 is 1.10 bits per heavy atom. The van der Waals surface area contributed by atoms with Gasteiger partial charge in [-0.05, 0) is 43.7 Å². The molecule has 0 radical (unpaired) electrons. The summed E-state index contributed by atoms with van der Waals surface area (Å²) in [4.78, 5) is 15.0. The third kappa shape index (κ3) is 5.57. The van der Waals surface area contributed by atoms with Gasteiger partial charge >= 0.3 is 0 Å². The third-order valence-electron chi connectivity index (χ3n) is 5.26. The maximum atomic E-state index is 13.1. The average molecular weight is 447 g/mol. The summed E-state index contributed by atoms with van der Waals surface area (Å²) in [6.45, 7) is 7.41. The second-order valence-electron chi connectivity index (χ2n) is 7.47. The van der Waals surface area contributed by atoms with E-state index in [1.54, 1.807) is 17.9 Å². The van der Waals surface area contributed by atoms with Gasteiger partial charge in [0, 0.05) is 38.0 Å². The number of hydrogen-bond donors (Lipinski definition) is 1. The highest BCUT2D eigenvalue weighted by Crippen LogP contribution is 2.29. The molecule has 8 heteroatoms. The molecule has 7 nitrogen and oxygen atoms in total. The molecule has 1 amide bonds. The Balaban J connectivity index is 1.67. The summed E-state index contributed by atoms with van der Waals surface area (Å²) in [6, 6.07) is 12.3. The number of aryl methyl sites for hydroxylation is 1. The van der Waals surface area contributed by atoms with E-state index in [0.29, 0.717) is 50.4 Å². The van der Waals surface area contributed by atoms with Crippen molar-refractivity contribution in [3.63, 3.8) is 0 Å². The fourth-order valence-electron chi connectivity index (χ4n) is 3.62. The van der Waals surface area contributed by atoms with E-state index in [9.17, 15) is 13.2 Å². The molecule has 0 aliphatic carbocycles. The van der Waals surface area contributed by atoms with Crippen molar-refractivity contribution in [2.24, 2.45) is 0 Å². The maximum Gasteiger partial charge on any atom is 0.254 e. The van der Waals surface area contributed by atoms with Gasteiger partial charge in [-0.1, -0.05) is 25.1 Å². The molecule has 2 aromatic rings. The summed E-state index contributed by atoms with van der Waals surface area (Å²) >= 11 is 0. The zero-order chi connectivity index (χ0) is 22.4. The van der Waals surface area contributed by atoms with Crippen LogP contribution >= 0.6 is 0 Å². The first-order valence-electron chi connectivity index (χ1n) is 10.6. The standard InChI is InChI=1S/C23H30N2O5S/c1-4-24-31(27,28)19-11-10-17(3)20(16-19)23(26)25-14-12-18(13-15-25)30-22-9-7-6-8-21(22)29-5-2/h6-11,16,18,24H,4-5,12-15H2,1-3H3. The van der Waals surface area contributed by atoms with Crippen molar-refractivity contribution in [3.05, 3.63) is 53.6 Å². The highest BCUT2D eigenvalue weighted by molar-refractivity contribution is 7.89. The Hall–Kier alpha value is -2.58. The van der Waals surface area contributed by atoms with Crippen molar-refractivity contribution in [2.75, 3.05) is 26.2 Å². The maximum absolute atomic E-state index is 13.1. The predicted octanol–water partition coefficient (Wildman–Crippen LogP) is 3.38. The van der Waals surface area contributed by atoms with Crippen LogP contribution in [0.3, 0.4) is 0 Å². The number of para-hydroxylation sites is 2. The lowest BCUT2D eigenvalue weighted by Crippen LogP contribution is -2.42. The van der Waals surface area contributed by atoms with E-state index in [4.69, 9.17) is 9.47 Å². The molecule has 1 fully saturated rings. The summed E-state index contributed by atoms with van der Waals surface area (Å²) in [5, 5.41) is 0. The molecule has 1 saturated heterocycles. The minimum Gasteiger partial charge on any atom is -0.490 e. The second kappa shape index (κ2) is 10.2. The Morgan fingerprint density at radius 3 is 2.42 bits per heavy atom. The zero-order valence-corrected chi connectivity index (χ0v) is 19.1. The number of piperidine rings is 1. The fourth-order valence-corrected chi connectivity index (χ4v) is 4.69. The van der Waals surface area contributed by atoms with Crippen LogP contribution in [0.1, 0.15) is 42.6 Å². The molecule has 2 aromatic carbocycles. The van der Waals surface area contributed by atoms with E-state index in [1.807, 2.05) is 38.1 Å². The number of ether oxygens (including phenoxy) is 2. The normalized spacial score (nSPS) is 15.0. The Kier molecular flexibility index (Phi) is 7.56. The molecule has 31 heavy (non-hydrogen) atoms. The number of nitrogens with one attached hydrogen (secondary N) is 1. The number of sulfonamides is 1. The molecule has 0 bridgehead atoms. The zero-order valence-electron chi connectivity index (χ0n) is 18.3. The highest BCUT2D eigenvalue weighted by atomic mass is 32.2. The number of benzene rings is 2. The van der Waals surface area contributed by atoms with E-state index < -0.39 is 10.0 Å². The molecule has 168 valence electrons. The predicted molar refractivity (Wildman–Crippen MR) is 119 cm³/mol. The van der Waals surface area contributed by atoms with E-state index in [1.165, 1.54) is 12.1 Å². The van der Waals surface area contributed by atoms with Gasteiger partial charge in [-0.3, -0.25) is 4.79 Å². The summed E-state index contributed by atoms with van der Waals surface area (Å²) in [5.41, 5.74) is 1.17. The van der Waals surface area contributed by atoms with Crippen LogP contribution in [0.4, 0.5) is 0 Å². The average Bonchev–Trinajstić information content (AvgIpc) is 2.75. The number of nitrogens with zero attached hydrogens (tertiary/aromatic N) is 1. The lowest BCUT2D eigenvalue weighted by Gasteiger charge is -2.33. The smallest absolute Gasteiger partial charge is 0.254 e. The Bertz CT molecular complexity index is 1010. The van der Waals surface area contributed by atoms with Gasteiger partial charge in [-0.15, -0.1) is 0 Å². The number of carbonyl (C=O) groups is 1. The van der Waals surface area contributed by atoms with Crippen LogP contribution in [0.15, 0.2) is 47.4 Å². The van der Waals surface area contributed by atoms with Crippen LogP contribution in [-0.2, 0) is 10.0 Å². The molecule has 0 saturated carbocycles. The molecule has 0 spiro atoms. The Morgan fingerprint density at radius 2 is 1.77 bits per heavy atom. The quantitative estimate of drug-likeness (QED) is 0.672. The number of rotatable bonds is 8. The van der Waals surface area contributed by atoms with Crippen molar-refractivity contribution in [1.29, 1.82) is 0 Å². The largest absolute Gasteiger partial charge is 0.490 e. The number of likely N-dealkylation sites (tertiary alicyclic amines) is 1. The highest BCUT2D eigenvalue weighted by Gasteiger charge is 2.27. The van der Waals surface area contributed by atoms with Crippen LogP contribution < -0.4 is 14.2 Å². The van der Waals surface area contributed by atoms with Gasteiger partial charge < -0.3 is 14.4 Å². The Labute approximate surface area is 184 Å². The van der Waals surface area contributed by atoms with Gasteiger partial charge in [-0.2, -0.15) is 0 Å². The topological polar surface area (TPSA) is 84.9 Å². The first kappa shape index (κ1) is 23.1. The third-order valence-corrected chi connectivity index (χ3v) is 6.80. The van der Waals surface area contributed by atoms with Gasteiger partial charge in [-0.25, -0.2) is 13.1 Å². The van der Waals surface area contributed by atoms with E-state index >= 15 is 0 Å². The molecular formula is C23H30N2O5S. The van der Waals surface area contributed by atoms with E-state index in [0.717, 1.165) is 11.3 Å². The minimum atomic E-state index is -3.62. The summed E-state index contributed by atoms with van der Waals surface area (Å²) in [6.07, 6.45) is 1.38. The summed E-state index contributed by atoms with van der Waals surface area (Å²) in [5.74, 6) is 1.28. The number of carbonyl (C=O) groups excluding carboxylic acids is 1. The van der Waals surface area contributed by atoms with Gasteiger partial charge in [0.25, 0.3) is 5.91 Å². The van der Waals surface area contributed by atoms with Crippen LogP contribution in [0, 0.1) is 6.92 Å². The van der Waals surface area contributed by atoms with Gasteiger partial charge in [0.2, 0.25) is 10.0 Å². The van der Waals surface area contributed by atoms with Crippen LogP contribution in [0.2, 0.25) is 0 Å². The van der Waals surface area contributed by atoms with Crippen molar-refractivity contribution < 1.29 is 22.7 Å². The van der Waals surface area contributed by atoms with E-state index in [2.05, 4.69) is 4.72 Å². The van der Waals surface area contributed by atoms with Gasteiger partial charge in [0.15, 0.2) is 11.5 Å². The molecule has 1 aliphatic rings. The van der Waals surface area contributed by atoms with Crippen molar-refractivity contribution in [1.82, 2.24) is 9.62 Å². The first-order chi connectivity index (χ1) is 14.9. The summed E-state index contributed by atoms with van der Waals surface area (Å²) in [7, 11) is -3.62. The van der Waals surface area contributed by atoms with E-state index in [-0.39, 0.29) is 16.9 Å². The van der Waals surface area contributed by atoms with Crippen LogP contribution in [0.25, 0.3) is 0 Å². The van der Waals surface area contributed by atoms with Gasteiger partial charge in [0.05, 0.1) is 11.5 Å². The lowest BCUT2D eigenvalue weighted by atomic mass is 10.0. The SMILES string of the molecule is CCNS(=O)(=O)c1ccc(C)c(C(=O)N2CCC(Oc3ccccc3OCC)CC2)c1. The lowest BCUT2D eigenvalue weighted by molar-refractivity contribution is 0.0588. The second-order valence-corrected chi connectivity index (χ2v) is 9.23. The van der Waals surface area contributed by atoms with Gasteiger partial charge in [0.1, 0.15) is 6.10 Å². The molecule has 0 unspecified atom stereocenters. The van der Waals surface area contributed by atoms with Crippen molar-refractivity contribution in [3.8, 4) is 11.5 Å². The van der Waals surface area contributed by atoms with Crippen LogP contribution in [-0.4, -0.2) is 51.6 Å². The minimum absolute atomic E-state index is 0.00720. The number of hydrogen-bond acceptors (Lipinski definition) is 5. The molecule has 1 aliphatic heterocycles. The summed E-state index contributed by atoms with van der Waals surface area (Å²) < 4.78 is 38.9. The molecule has 0 aromatic heterocycles. The van der Waals surface area contributed by atoms with Crippen molar-refractivity contribution >= 4 is 15.9 Å². The molecule has 3 rings (SSSR count). The molecule has 1 N–H and O–H groups in total. The molecule has 1 heterocycles. The fraction of sp³-hybridized carbons (Fsp3) is 0.435. The number of amides is 1. The van der Waals surface area contributed by atoms with Crippen molar-refractivity contribution in [2.45, 2.75) is 44.6 Å².